The maximum Gasteiger partial charge on any atom is 0.226 e. The summed E-state index contributed by atoms with van der Waals surface area (Å²) < 4.78 is 2.21. The van der Waals surface area contributed by atoms with E-state index in [-0.39, 0.29) is 18.0 Å². The molecule has 1 aliphatic rings. The molecule has 36 heavy (non-hydrogen) atoms. The second-order valence-corrected chi connectivity index (χ2v) is 9.46. The summed E-state index contributed by atoms with van der Waals surface area (Å²) in [4.78, 5) is 19.6. The van der Waals surface area contributed by atoms with Gasteiger partial charge in [0.25, 0.3) is 0 Å². The standard InChI is InChI=1S/C29H29N5OS/c1-20-12-14-22(15-13-20)31-26(35)16-19-34-28(27(32-29(34)36)23-9-5-6-17-30-23)25-11-7-18-33(25)24-10-4-3-8-21(24)2/h3-15,17-18,27-28H,16,19H2,1-2H3,(H,31,35)(H,32,36)/t27-,28-/m0/s1. The number of para-hydroxylation sites is 1. The van der Waals surface area contributed by atoms with Crippen LogP contribution < -0.4 is 10.6 Å². The van der Waals surface area contributed by atoms with Crippen LogP contribution in [-0.2, 0) is 4.79 Å². The van der Waals surface area contributed by atoms with Crippen molar-refractivity contribution >= 4 is 28.9 Å². The SMILES string of the molecule is Cc1ccc(NC(=O)CCN2C(=S)N[C@@H](c3ccccn3)[C@@H]2c2cccn2-c2ccccc2C)cc1. The molecule has 5 rings (SSSR count). The number of thiocarbonyl (C=S) groups is 1. The molecule has 4 aromatic rings. The van der Waals surface area contributed by atoms with E-state index >= 15 is 0 Å². The third kappa shape index (κ3) is 4.88. The lowest BCUT2D eigenvalue weighted by molar-refractivity contribution is -0.116. The Morgan fingerprint density at radius 1 is 1.00 bits per heavy atom. The van der Waals surface area contributed by atoms with Crippen molar-refractivity contribution in [3.8, 4) is 5.69 Å². The number of hydrogen-bond donors (Lipinski definition) is 2. The minimum Gasteiger partial charge on any atom is -0.352 e. The molecule has 0 spiro atoms. The summed E-state index contributed by atoms with van der Waals surface area (Å²) in [5, 5.41) is 7.10. The number of rotatable bonds is 7. The van der Waals surface area contributed by atoms with Gasteiger partial charge in [-0.1, -0.05) is 42.0 Å². The van der Waals surface area contributed by atoms with Gasteiger partial charge in [-0.2, -0.15) is 0 Å². The fourth-order valence-electron chi connectivity index (χ4n) is 4.74. The molecule has 3 heterocycles. The number of nitrogens with zero attached hydrogens (tertiary/aromatic N) is 3. The fraction of sp³-hybridized carbons (Fsp3) is 0.207. The molecule has 0 saturated carbocycles. The number of pyridine rings is 1. The van der Waals surface area contributed by atoms with Crippen molar-refractivity contribution in [1.82, 2.24) is 19.8 Å². The van der Waals surface area contributed by atoms with Gasteiger partial charge in [-0.25, -0.2) is 0 Å². The Morgan fingerprint density at radius 3 is 2.53 bits per heavy atom. The second-order valence-electron chi connectivity index (χ2n) is 9.07. The van der Waals surface area contributed by atoms with Gasteiger partial charge in [0.05, 0.1) is 17.8 Å². The normalized spacial score (nSPS) is 17.2. The molecule has 0 unspecified atom stereocenters. The van der Waals surface area contributed by atoms with Crippen LogP contribution in [0.1, 0.15) is 41.0 Å². The van der Waals surface area contributed by atoms with Crippen LogP contribution in [0.2, 0.25) is 0 Å². The molecule has 0 radical (unpaired) electrons. The first-order valence-electron chi connectivity index (χ1n) is 12.1. The van der Waals surface area contributed by atoms with Crippen LogP contribution >= 0.6 is 12.2 Å². The molecule has 2 atom stereocenters. The van der Waals surface area contributed by atoms with Gasteiger partial charge in [-0.3, -0.25) is 9.78 Å². The Balaban J connectivity index is 1.44. The van der Waals surface area contributed by atoms with Crippen LogP contribution in [-0.4, -0.2) is 32.0 Å². The van der Waals surface area contributed by atoms with Crippen molar-refractivity contribution < 1.29 is 4.79 Å². The first-order chi connectivity index (χ1) is 17.5. The van der Waals surface area contributed by atoms with Gasteiger partial charge < -0.3 is 20.1 Å². The van der Waals surface area contributed by atoms with E-state index in [4.69, 9.17) is 12.2 Å². The van der Waals surface area contributed by atoms with E-state index in [0.29, 0.717) is 18.1 Å². The van der Waals surface area contributed by atoms with Crippen molar-refractivity contribution in [1.29, 1.82) is 0 Å². The van der Waals surface area contributed by atoms with Gasteiger partial charge in [-0.15, -0.1) is 0 Å². The Morgan fingerprint density at radius 2 is 1.78 bits per heavy atom. The number of aromatic nitrogens is 2. The number of amides is 1. The van der Waals surface area contributed by atoms with E-state index < -0.39 is 0 Å². The lowest BCUT2D eigenvalue weighted by Crippen LogP contribution is -2.33. The number of carbonyl (C=O) groups is 1. The largest absolute Gasteiger partial charge is 0.352 e. The van der Waals surface area contributed by atoms with E-state index in [9.17, 15) is 4.79 Å². The average molecular weight is 496 g/mol. The highest BCUT2D eigenvalue weighted by Crippen LogP contribution is 2.39. The van der Waals surface area contributed by atoms with Crippen LogP contribution in [0, 0.1) is 13.8 Å². The highest BCUT2D eigenvalue weighted by molar-refractivity contribution is 7.80. The summed E-state index contributed by atoms with van der Waals surface area (Å²) in [6.45, 7) is 4.62. The van der Waals surface area contributed by atoms with E-state index in [1.165, 1.54) is 5.56 Å². The molecule has 2 N–H and O–H groups in total. The Bertz CT molecular complexity index is 1370. The molecule has 182 valence electrons. The van der Waals surface area contributed by atoms with Crippen molar-refractivity contribution in [3.05, 3.63) is 114 Å². The summed E-state index contributed by atoms with van der Waals surface area (Å²) >= 11 is 5.80. The lowest BCUT2D eigenvalue weighted by atomic mass is 10.0. The number of anilines is 1. The lowest BCUT2D eigenvalue weighted by Gasteiger charge is -2.29. The van der Waals surface area contributed by atoms with Gasteiger partial charge in [0.1, 0.15) is 0 Å². The number of hydrogen-bond acceptors (Lipinski definition) is 3. The summed E-state index contributed by atoms with van der Waals surface area (Å²) in [7, 11) is 0. The Kier molecular flexibility index (Phi) is 6.82. The van der Waals surface area contributed by atoms with Gasteiger partial charge in [0, 0.05) is 42.4 Å². The average Bonchev–Trinajstić information content (AvgIpc) is 3.49. The zero-order chi connectivity index (χ0) is 25.1. The van der Waals surface area contributed by atoms with E-state index in [0.717, 1.165) is 28.3 Å². The van der Waals surface area contributed by atoms with E-state index in [1.807, 2.05) is 61.5 Å². The van der Waals surface area contributed by atoms with Gasteiger partial charge >= 0.3 is 0 Å². The van der Waals surface area contributed by atoms with Crippen molar-refractivity contribution in [2.75, 3.05) is 11.9 Å². The quantitative estimate of drug-likeness (QED) is 0.332. The zero-order valence-corrected chi connectivity index (χ0v) is 21.2. The topological polar surface area (TPSA) is 62.2 Å². The Labute approximate surface area is 217 Å². The molecular weight excluding hydrogens is 466 g/mol. The molecule has 1 fully saturated rings. The molecule has 2 aromatic heterocycles. The van der Waals surface area contributed by atoms with Gasteiger partial charge in [-0.05, 0) is 74.1 Å². The van der Waals surface area contributed by atoms with Crippen LogP contribution in [0.5, 0.6) is 0 Å². The minimum absolute atomic E-state index is 0.0454. The smallest absolute Gasteiger partial charge is 0.226 e. The first kappa shape index (κ1) is 23.8. The number of nitrogens with one attached hydrogen (secondary N) is 2. The van der Waals surface area contributed by atoms with E-state index in [2.05, 4.69) is 62.5 Å². The molecule has 1 saturated heterocycles. The molecule has 6 nitrogen and oxygen atoms in total. The Hall–Kier alpha value is -3.97. The fourth-order valence-corrected chi connectivity index (χ4v) is 5.07. The van der Waals surface area contributed by atoms with E-state index in [1.54, 1.807) is 6.20 Å². The van der Waals surface area contributed by atoms with Gasteiger partial charge in [0.2, 0.25) is 5.91 Å². The highest BCUT2D eigenvalue weighted by atomic mass is 32.1. The predicted molar refractivity (Wildman–Crippen MR) is 147 cm³/mol. The predicted octanol–water partition coefficient (Wildman–Crippen LogP) is 5.49. The number of benzene rings is 2. The first-order valence-corrected chi connectivity index (χ1v) is 12.5. The molecule has 2 aromatic carbocycles. The molecule has 0 aliphatic carbocycles. The number of aryl methyl sites for hydroxylation is 2. The maximum atomic E-state index is 12.8. The maximum absolute atomic E-state index is 12.8. The monoisotopic (exact) mass is 495 g/mol. The molecule has 1 amide bonds. The second kappa shape index (κ2) is 10.3. The third-order valence-corrected chi connectivity index (χ3v) is 6.92. The van der Waals surface area contributed by atoms with Crippen molar-refractivity contribution in [2.24, 2.45) is 0 Å². The minimum atomic E-state index is -0.142. The summed E-state index contributed by atoms with van der Waals surface area (Å²) in [5.74, 6) is -0.0454. The molecular formula is C29H29N5OS. The highest BCUT2D eigenvalue weighted by Gasteiger charge is 2.41. The van der Waals surface area contributed by atoms with Crippen LogP contribution in [0.4, 0.5) is 5.69 Å². The molecule has 1 aliphatic heterocycles. The molecule has 0 bridgehead atoms. The van der Waals surface area contributed by atoms with Crippen molar-refractivity contribution in [2.45, 2.75) is 32.4 Å². The molecule has 7 heteroatoms. The number of carbonyl (C=O) groups excluding carboxylic acids is 1. The van der Waals surface area contributed by atoms with Crippen LogP contribution in [0.15, 0.2) is 91.3 Å². The van der Waals surface area contributed by atoms with Crippen molar-refractivity contribution in [3.63, 3.8) is 0 Å². The summed E-state index contributed by atoms with van der Waals surface area (Å²) in [5.41, 5.74) is 6.25. The van der Waals surface area contributed by atoms with Crippen LogP contribution in [0.3, 0.4) is 0 Å². The zero-order valence-electron chi connectivity index (χ0n) is 20.4. The summed E-state index contributed by atoms with van der Waals surface area (Å²) in [6, 6.07) is 26.0. The van der Waals surface area contributed by atoms with Gasteiger partial charge in [0.15, 0.2) is 5.11 Å². The third-order valence-electron chi connectivity index (χ3n) is 6.57. The van der Waals surface area contributed by atoms with Crippen LogP contribution in [0.25, 0.3) is 5.69 Å². The summed E-state index contributed by atoms with van der Waals surface area (Å²) in [6.07, 6.45) is 4.19.